The van der Waals surface area contributed by atoms with E-state index in [1.807, 2.05) is 17.8 Å². The lowest BCUT2D eigenvalue weighted by Gasteiger charge is -2.14. The Morgan fingerprint density at radius 1 is 0.933 bits per heavy atom. The molecule has 0 fully saturated rings. The Bertz CT molecular complexity index is 699. The van der Waals surface area contributed by atoms with E-state index >= 15 is 0 Å². The molecule has 0 spiro atoms. The Labute approximate surface area is 184 Å². The van der Waals surface area contributed by atoms with Gasteiger partial charge in [-0.3, -0.25) is 0 Å². The van der Waals surface area contributed by atoms with Crippen molar-refractivity contribution in [3.63, 3.8) is 0 Å². The number of aliphatic hydroxyl groups excluding tert-OH is 2. The summed E-state index contributed by atoms with van der Waals surface area (Å²) in [4.78, 5) is 1.31. The number of aromatic hydroxyl groups is 1. The predicted octanol–water partition coefficient (Wildman–Crippen LogP) is 4.27. The number of hydrogen-bond acceptors (Lipinski definition) is 6. The van der Waals surface area contributed by atoms with E-state index in [1.165, 1.54) is 11.0 Å². The van der Waals surface area contributed by atoms with Gasteiger partial charge in [0, 0.05) is 36.0 Å². The van der Waals surface area contributed by atoms with Crippen LogP contribution in [-0.4, -0.2) is 47.4 Å². The quantitative estimate of drug-likeness (QED) is 0.234. The molecular weight excluding hydrogens is 398 g/mol. The van der Waals surface area contributed by atoms with Crippen LogP contribution in [0.25, 0.3) is 0 Å². The zero-order valence-corrected chi connectivity index (χ0v) is 18.4. The second kappa shape index (κ2) is 15.3. The maximum Gasteiger partial charge on any atom is 0.121 e. The molecule has 0 heterocycles. The second-order valence-corrected chi connectivity index (χ2v) is 8.48. The molecule has 0 bridgehead atoms. The fourth-order valence-corrected chi connectivity index (χ4v) is 3.94. The van der Waals surface area contributed by atoms with Crippen LogP contribution in [0.1, 0.15) is 49.3 Å². The molecule has 5 nitrogen and oxygen atoms in total. The van der Waals surface area contributed by atoms with Gasteiger partial charge in [0.25, 0.3) is 0 Å². The maximum absolute atomic E-state index is 10.2. The topological polar surface area (TPSA) is 82.0 Å². The van der Waals surface area contributed by atoms with Crippen LogP contribution in [0.15, 0.2) is 53.4 Å². The van der Waals surface area contributed by atoms with Crippen LogP contribution >= 0.6 is 11.8 Å². The predicted molar refractivity (Wildman–Crippen MR) is 123 cm³/mol. The highest BCUT2D eigenvalue weighted by Gasteiger charge is 2.12. The van der Waals surface area contributed by atoms with E-state index in [-0.39, 0.29) is 12.4 Å². The number of phenolic OH excluding ortho intramolecular Hbond substituents is 1. The Morgan fingerprint density at radius 2 is 1.70 bits per heavy atom. The van der Waals surface area contributed by atoms with Gasteiger partial charge in [-0.05, 0) is 55.6 Å². The van der Waals surface area contributed by atoms with Crippen LogP contribution < -0.4 is 5.32 Å². The van der Waals surface area contributed by atoms with Crippen molar-refractivity contribution in [2.45, 2.75) is 49.7 Å². The van der Waals surface area contributed by atoms with Crippen molar-refractivity contribution < 1.29 is 20.1 Å². The van der Waals surface area contributed by atoms with Gasteiger partial charge in [-0.15, -0.1) is 11.8 Å². The first-order chi connectivity index (χ1) is 14.7. The van der Waals surface area contributed by atoms with Gasteiger partial charge in [0.15, 0.2) is 0 Å². The second-order valence-electron chi connectivity index (χ2n) is 7.31. The Hall–Kier alpha value is -1.57. The molecule has 0 radical (unpaired) electrons. The molecule has 0 saturated carbocycles. The minimum Gasteiger partial charge on any atom is -0.508 e. The van der Waals surface area contributed by atoms with Crippen LogP contribution in [0.4, 0.5) is 0 Å². The fraction of sp³-hybridized carbons (Fsp3) is 0.500. The van der Waals surface area contributed by atoms with Crippen molar-refractivity contribution in [2.24, 2.45) is 0 Å². The molecule has 0 aromatic heterocycles. The van der Waals surface area contributed by atoms with Crippen LogP contribution in [0.5, 0.6) is 5.75 Å². The standard InChI is InChI=1S/C24H35NO4S/c26-19-20-11-12-23(27)22(17-20)24(28)18-25-13-6-1-2-7-14-29-15-8-16-30-21-9-4-3-5-10-21/h3-5,9-12,17,24-28H,1-2,6-8,13-16,18-19H2. The number of aliphatic hydroxyl groups is 2. The molecule has 1 atom stereocenters. The van der Waals surface area contributed by atoms with E-state index in [0.29, 0.717) is 17.7 Å². The fourth-order valence-electron chi connectivity index (χ4n) is 3.10. The lowest BCUT2D eigenvalue weighted by Crippen LogP contribution is -2.22. The van der Waals surface area contributed by atoms with Crippen LogP contribution in [-0.2, 0) is 11.3 Å². The number of rotatable bonds is 16. The number of hydrogen-bond donors (Lipinski definition) is 4. The summed E-state index contributed by atoms with van der Waals surface area (Å²) in [5, 5.41) is 32.5. The highest BCUT2D eigenvalue weighted by molar-refractivity contribution is 7.99. The SMILES string of the molecule is OCc1ccc(O)c(C(O)CNCCCCCCOCCCSc2ccccc2)c1. The van der Waals surface area contributed by atoms with Crippen molar-refractivity contribution in [2.75, 3.05) is 32.1 Å². The Kier molecular flexibility index (Phi) is 12.6. The molecule has 0 amide bonds. The van der Waals surface area contributed by atoms with E-state index < -0.39 is 6.10 Å². The van der Waals surface area contributed by atoms with E-state index in [2.05, 4.69) is 29.6 Å². The third kappa shape index (κ3) is 9.96. The summed E-state index contributed by atoms with van der Waals surface area (Å²) < 4.78 is 5.71. The molecule has 2 aromatic carbocycles. The molecule has 0 saturated heterocycles. The largest absolute Gasteiger partial charge is 0.508 e. The number of ether oxygens (including phenoxy) is 1. The minimum atomic E-state index is -0.787. The van der Waals surface area contributed by atoms with Gasteiger partial charge >= 0.3 is 0 Å². The van der Waals surface area contributed by atoms with Gasteiger partial charge in [-0.25, -0.2) is 0 Å². The van der Waals surface area contributed by atoms with E-state index in [9.17, 15) is 15.3 Å². The van der Waals surface area contributed by atoms with Crippen LogP contribution in [0, 0.1) is 0 Å². The van der Waals surface area contributed by atoms with Crippen LogP contribution in [0.2, 0.25) is 0 Å². The van der Waals surface area contributed by atoms with Gasteiger partial charge in [-0.2, -0.15) is 0 Å². The third-order valence-electron chi connectivity index (χ3n) is 4.81. The first kappa shape index (κ1) is 24.7. The highest BCUT2D eigenvalue weighted by Crippen LogP contribution is 2.25. The van der Waals surface area contributed by atoms with Crippen molar-refractivity contribution in [1.82, 2.24) is 5.32 Å². The monoisotopic (exact) mass is 433 g/mol. The summed E-state index contributed by atoms with van der Waals surface area (Å²) in [5.74, 6) is 1.14. The first-order valence-electron chi connectivity index (χ1n) is 10.8. The molecule has 1 unspecified atom stereocenters. The molecule has 4 N–H and O–H groups in total. The average molecular weight is 434 g/mol. The van der Waals surface area contributed by atoms with E-state index in [4.69, 9.17) is 4.74 Å². The molecule has 2 aromatic rings. The molecular formula is C24H35NO4S. The minimum absolute atomic E-state index is 0.0557. The smallest absolute Gasteiger partial charge is 0.121 e. The Balaban J connectivity index is 1.39. The van der Waals surface area contributed by atoms with Gasteiger partial charge < -0.3 is 25.4 Å². The lowest BCUT2D eigenvalue weighted by molar-refractivity contribution is 0.131. The van der Waals surface area contributed by atoms with Crippen molar-refractivity contribution in [1.29, 1.82) is 0 Å². The maximum atomic E-state index is 10.2. The first-order valence-corrected chi connectivity index (χ1v) is 11.8. The van der Waals surface area contributed by atoms with Gasteiger partial charge in [0.2, 0.25) is 0 Å². The van der Waals surface area contributed by atoms with Gasteiger partial charge in [-0.1, -0.05) is 37.1 Å². The molecule has 6 heteroatoms. The van der Waals surface area contributed by atoms with Crippen molar-refractivity contribution in [3.05, 3.63) is 59.7 Å². The zero-order chi connectivity index (χ0) is 21.4. The summed E-state index contributed by atoms with van der Waals surface area (Å²) in [5.41, 5.74) is 1.13. The van der Waals surface area contributed by atoms with E-state index in [1.54, 1.807) is 12.1 Å². The molecule has 0 aliphatic carbocycles. The number of phenols is 1. The number of nitrogens with one attached hydrogen (secondary N) is 1. The summed E-state index contributed by atoms with van der Waals surface area (Å²) in [6.07, 6.45) is 4.68. The lowest BCUT2D eigenvalue weighted by atomic mass is 10.0. The normalized spacial score (nSPS) is 12.2. The highest BCUT2D eigenvalue weighted by atomic mass is 32.2. The summed E-state index contributed by atoms with van der Waals surface area (Å²) in [6.45, 7) is 2.75. The summed E-state index contributed by atoms with van der Waals surface area (Å²) in [7, 11) is 0. The van der Waals surface area contributed by atoms with E-state index in [0.717, 1.165) is 57.6 Å². The van der Waals surface area contributed by atoms with Crippen LogP contribution in [0.3, 0.4) is 0 Å². The van der Waals surface area contributed by atoms with Crippen molar-refractivity contribution in [3.8, 4) is 5.75 Å². The summed E-state index contributed by atoms with van der Waals surface area (Å²) in [6, 6.07) is 15.2. The van der Waals surface area contributed by atoms with Gasteiger partial charge in [0.1, 0.15) is 5.75 Å². The molecule has 0 aliphatic heterocycles. The Morgan fingerprint density at radius 3 is 2.50 bits per heavy atom. The zero-order valence-electron chi connectivity index (χ0n) is 17.6. The average Bonchev–Trinajstić information content (AvgIpc) is 2.77. The summed E-state index contributed by atoms with van der Waals surface area (Å²) >= 11 is 1.87. The molecule has 2 rings (SSSR count). The third-order valence-corrected chi connectivity index (χ3v) is 5.91. The number of thioether (sulfide) groups is 1. The number of benzene rings is 2. The molecule has 166 valence electrons. The van der Waals surface area contributed by atoms with Gasteiger partial charge in [0.05, 0.1) is 12.7 Å². The molecule has 0 aliphatic rings. The van der Waals surface area contributed by atoms with Crippen molar-refractivity contribution >= 4 is 11.8 Å². The number of unbranched alkanes of at least 4 members (excludes halogenated alkanes) is 3. The molecule has 30 heavy (non-hydrogen) atoms.